The van der Waals surface area contributed by atoms with Crippen LogP contribution in [0.3, 0.4) is 0 Å². The predicted octanol–water partition coefficient (Wildman–Crippen LogP) is 2.97. The Bertz CT molecular complexity index is 161. The Kier molecular flexibility index (Phi) is 4.93. The van der Waals surface area contributed by atoms with Crippen molar-refractivity contribution in [1.82, 2.24) is 6.15 Å². The van der Waals surface area contributed by atoms with Crippen molar-refractivity contribution in [2.45, 2.75) is 25.9 Å². The second-order valence-electron chi connectivity index (χ2n) is 2.41. The summed E-state index contributed by atoms with van der Waals surface area (Å²) in [7, 11) is 17.2. The Morgan fingerprint density at radius 2 is 2.00 bits per heavy atom. The first-order chi connectivity index (χ1) is 4.91. The largest absolute Gasteiger partial charge is 0.344 e. The molecule has 1 saturated heterocycles. The molecule has 1 atom stereocenters. The smallest absolute Gasteiger partial charge is 0.344 e. The molecule has 77 valence electrons. The van der Waals surface area contributed by atoms with E-state index in [1.807, 2.05) is 0 Å². The molecule has 3 N–H and O–H groups in total. The maximum atomic E-state index is 5.73. The van der Waals surface area contributed by atoms with Crippen molar-refractivity contribution in [3.05, 3.63) is 0 Å². The molecule has 1 aliphatic heterocycles. The Hall–Kier alpha value is 1.54. The van der Waals surface area contributed by atoms with Crippen molar-refractivity contribution < 1.29 is 6.20 Å². The Morgan fingerprint density at radius 3 is 2.33 bits per heavy atom. The van der Waals surface area contributed by atoms with Gasteiger partial charge in [0, 0.05) is 0 Å². The molecule has 0 aromatic heterocycles. The summed E-state index contributed by atoms with van der Waals surface area (Å²) in [5.74, 6) is 0. The van der Waals surface area contributed by atoms with E-state index in [2.05, 4.69) is 6.92 Å². The first-order valence-electron chi connectivity index (χ1n) is 3.34. The summed E-state index contributed by atoms with van der Waals surface area (Å²) in [6.45, 7) is 2.49. The molecule has 7 heteroatoms. The van der Waals surface area contributed by atoms with Gasteiger partial charge in [-0.3, -0.25) is 0 Å². The molecule has 1 aliphatic rings. The van der Waals surface area contributed by atoms with Gasteiger partial charge in [-0.15, -0.1) is 0 Å². The molecule has 1 radical (unpaired) electrons. The van der Waals surface area contributed by atoms with Crippen LogP contribution >= 0.6 is 26.9 Å². The van der Waals surface area contributed by atoms with Crippen molar-refractivity contribution in [1.29, 1.82) is 0 Å². The van der Waals surface area contributed by atoms with Gasteiger partial charge in [-0.2, -0.15) is 0 Å². The summed E-state index contributed by atoms with van der Waals surface area (Å²) in [5, 5.41) is 0. The Morgan fingerprint density at radius 1 is 1.42 bits per heavy atom. The zero-order valence-corrected chi connectivity index (χ0v) is 11.4. The van der Waals surface area contributed by atoms with E-state index in [0.29, 0.717) is 6.61 Å². The van der Waals surface area contributed by atoms with Crippen LogP contribution in [0.5, 0.6) is 0 Å². The van der Waals surface area contributed by atoms with Crippen LogP contribution in [0.15, 0.2) is 0 Å². The first-order valence-corrected chi connectivity index (χ1v) is 14.1. The second kappa shape index (κ2) is 4.37. The van der Waals surface area contributed by atoms with E-state index in [1.165, 1.54) is 0 Å². The zero-order chi connectivity index (χ0) is 8.56. The first kappa shape index (κ1) is 13.5. The molecule has 0 amide bonds. The second-order valence-corrected chi connectivity index (χ2v) is 21.6. The minimum Gasteiger partial charge on any atom is -0.344 e. The van der Waals surface area contributed by atoms with E-state index in [1.54, 1.807) is 0 Å². The van der Waals surface area contributed by atoms with Gasteiger partial charge in [-0.25, -0.2) is 0 Å². The third-order valence-corrected chi connectivity index (χ3v) is 7.64. The van der Waals surface area contributed by atoms with E-state index < -0.39 is 14.3 Å². The van der Waals surface area contributed by atoms with Crippen LogP contribution in [0.1, 0.15) is 19.8 Å². The molecule has 1 rings (SSSR count). The van der Waals surface area contributed by atoms with Crippen molar-refractivity contribution in [2.24, 2.45) is 0 Å². The standard InChI is InChI=1S/C5H10Cl3O2Te.H3N/c1-2-3-5-4-9-11(6,7,8)10-5;/h5H,2-4H2,1H3;1H3. The van der Waals surface area contributed by atoms with Crippen molar-refractivity contribution in [3.63, 3.8) is 0 Å². The summed E-state index contributed by atoms with van der Waals surface area (Å²) >= 11 is -4.34. The topological polar surface area (TPSA) is 53.5 Å². The molecule has 0 aliphatic carbocycles. The van der Waals surface area contributed by atoms with Gasteiger partial charge in [-0.1, -0.05) is 0 Å². The Balaban J connectivity index is 0.00000121. The minimum atomic E-state index is -4.34. The molecule has 12 heavy (non-hydrogen) atoms. The maximum Gasteiger partial charge on any atom is -0.344 e. The third kappa shape index (κ3) is 4.17. The number of hydrogen-bond donors (Lipinski definition) is 1. The van der Waals surface area contributed by atoms with Crippen LogP contribution in [0.25, 0.3) is 0 Å². The van der Waals surface area contributed by atoms with Crippen molar-refractivity contribution >= 4 is 41.2 Å². The van der Waals surface area contributed by atoms with Crippen LogP contribution in [0.2, 0.25) is 0 Å². The summed E-state index contributed by atoms with van der Waals surface area (Å²) in [6, 6.07) is 0. The van der Waals surface area contributed by atoms with Crippen molar-refractivity contribution in [3.8, 4) is 0 Å². The van der Waals surface area contributed by atoms with Gasteiger partial charge in [0.2, 0.25) is 0 Å². The van der Waals surface area contributed by atoms with Gasteiger partial charge >= 0.3 is 79.8 Å². The van der Waals surface area contributed by atoms with Gasteiger partial charge in [0.05, 0.1) is 0 Å². The molecule has 0 spiro atoms. The van der Waals surface area contributed by atoms with Gasteiger partial charge in [0.25, 0.3) is 0 Å². The molecule has 1 fully saturated rings. The van der Waals surface area contributed by atoms with Crippen molar-refractivity contribution in [2.75, 3.05) is 6.61 Å². The maximum absolute atomic E-state index is 5.73. The molecule has 0 aromatic carbocycles. The molecule has 1 heterocycles. The van der Waals surface area contributed by atoms with E-state index in [-0.39, 0.29) is 12.3 Å². The van der Waals surface area contributed by atoms with E-state index in [9.17, 15) is 0 Å². The van der Waals surface area contributed by atoms with Gasteiger partial charge in [0.1, 0.15) is 0 Å². The summed E-state index contributed by atoms with van der Waals surface area (Å²) in [5.41, 5.74) is 0. The molecule has 0 aromatic rings. The molecule has 0 bridgehead atoms. The quantitative estimate of drug-likeness (QED) is 0.777. The molecule has 0 saturated carbocycles. The number of hydrogen-bond acceptors (Lipinski definition) is 3. The van der Waals surface area contributed by atoms with Crippen LogP contribution in [-0.2, 0) is 6.20 Å². The minimum absolute atomic E-state index is 0. The fraction of sp³-hybridized carbons (Fsp3) is 1.00. The summed E-state index contributed by atoms with van der Waals surface area (Å²) in [6.07, 6.45) is 1.90. The van der Waals surface area contributed by atoms with E-state index in [4.69, 9.17) is 33.1 Å². The number of halogens is 3. The van der Waals surface area contributed by atoms with Crippen LogP contribution < -0.4 is 6.15 Å². The van der Waals surface area contributed by atoms with E-state index in [0.717, 1.165) is 12.8 Å². The Labute approximate surface area is 85.5 Å². The van der Waals surface area contributed by atoms with Gasteiger partial charge < -0.3 is 6.15 Å². The normalized spacial score (nSPS) is 34.7. The molecule has 3 nitrogen and oxygen atoms in total. The molecular weight excluding hydrogens is 340 g/mol. The number of rotatable bonds is 2. The van der Waals surface area contributed by atoms with E-state index >= 15 is 0 Å². The van der Waals surface area contributed by atoms with Gasteiger partial charge in [-0.05, 0) is 0 Å². The molecular formula is C5H13Cl3NO2Te. The van der Waals surface area contributed by atoms with Gasteiger partial charge in [0.15, 0.2) is 0 Å². The SMILES string of the molecule is CCCC1CO[Te](Cl)(Cl)(Cl)O1.N. The summed E-state index contributed by atoms with van der Waals surface area (Å²) in [4.78, 5) is 0. The van der Waals surface area contributed by atoms with Crippen LogP contribution in [0.4, 0.5) is 0 Å². The zero-order valence-electron chi connectivity index (χ0n) is 6.76. The van der Waals surface area contributed by atoms with Crippen LogP contribution in [-0.4, -0.2) is 27.0 Å². The average molecular weight is 353 g/mol. The predicted molar refractivity (Wildman–Crippen MR) is 54.1 cm³/mol. The summed E-state index contributed by atoms with van der Waals surface area (Å²) < 4.78 is 10.3. The fourth-order valence-electron chi connectivity index (χ4n) is 0.900. The van der Waals surface area contributed by atoms with Crippen LogP contribution in [0, 0.1) is 0 Å². The molecule has 1 unspecified atom stereocenters. The third-order valence-electron chi connectivity index (χ3n) is 1.33. The fourth-order valence-corrected chi connectivity index (χ4v) is 6.83. The monoisotopic (exact) mass is 354 g/mol. The average Bonchev–Trinajstić information content (AvgIpc) is 2.07.